The van der Waals surface area contributed by atoms with Gasteiger partial charge in [-0.3, -0.25) is 9.59 Å². The topological polar surface area (TPSA) is 63.6 Å². The fourth-order valence-corrected chi connectivity index (χ4v) is 2.35. The van der Waals surface area contributed by atoms with E-state index in [4.69, 9.17) is 9.84 Å². The van der Waals surface area contributed by atoms with Crippen molar-refractivity contribution >= 4 is 22.7 Å². The Morgan fingerprint density at radius 1 is 1.15 bits per heavy atom. The molecule has 0 spiro atoms. The lowest BCUT2D eigenvalue weighted by Gasteiger charge is -2.14. The standard InChI is InChI=1S/C16H16O4/c1-20-16(19)13(10-15(17)18)9-12-7-4-6-11-5-2-3-8-14(11)12/h2-8,13H,9-10H2,1H3,(H,17,18)/t13-/m0/s1. The van der Waals surface area contributed by atoms with Crippen LogP contribution in [0.2, 0.25) is 0 Å². The third kappa shape index (κ3) is 3.15. The quantitative estimate of drug-likeness (QED) is 0.850. The number of carbonyl (C=O) groups excluding carboxylic acids is 1. The van der Waals surface area contributed by atoms with Crippen molar-refractivity contribution in [3.05, 3.63) is 48.0 Å². The highest BCUT2D eigenvalue weighted by Gasteiger charge is 2.23. The van der Waals surface area contributed by atoms with Crippen molar-refractivity contribution in [3.63, 3.8) is 0 Å². The summed E-state index contributed by atoms with van der Waals surface area (Å²) in [5, 5.41) is 11.0. The number of hydrogen-bond acceptors (Lipinski definition) is 3. The molecule has 0 aromatic heterocycles. The van der Waals surface area contributed by atoms with E-state index in [9.17, 15) is 9.59 Å². The molecule has 104 valence electrons. The Bertz CT molecular complexity index is 628. The van der Waals surface area contributed by atoms with Gasteiger partial charge in [0.25, 0.3) is 0 Å². The van der Waals surface area contributed by atoms with E-state index in [0.717, 1.165) is 16.3 Å². The third-order valence-electron chi connectivity index (χ3n) is 3.30. The highest BCUT2D eigenvalue weighted by molar-refractivity contribution is 5.86. The average Bonchev–Trinajstić information content (AvgIpc) is 2.45. The lowest BCUT2D eigenvalue weighted by molar-refractivity contribution is -0.150. The SMILES string of the molecule is COC(=O)[C@H](CC(=O)O)Cc1cccc2ccccc12. The van der Waals surface area contributed by atoms with Crippen LogP contribution in [0.3, 0.4) is 0 Å². The number of rotatable bonds is 5. The number of hydrogen-bond donors (Lipinski definition) is 1. The summed E-state index contributed by atoms with van der Waals surface area (Å²) in [7, 11) is 1.28. The van der Waals surface area contributed by atoms with Crippen molar-refractivity contribution in [1.29, 1.82) is 0 Å². The predicted molar refractivity (Wildman–Crippen MR) is 75.4 cm³/mol. The zero-order valence-electron chi connectivity index (χ0n) is 11.2. The summed E-state index contributed by atoms with van der Waals surface area (Å²) in [6.07, 6.45) is 0.135. The van der Waals surface area contributed by atoms with E-state index in [1.54, 1.807) is 0 Å². The molecule has 0 bridgehead atoms. The molecular weight excluding hydrogens is 256 g/mol. The molecule has 0 unspecified atom stereocenters. The maximum atomic E-state index is 11.7. The maximum absolute atomic E-state index is 11.7. The molecular formula is C16H16O4. The molecule has 0 heterocycles. The van der Waals surface area contributed by atoms with Crippen LogP contribution in [0.1, 0.15) is 12.0 Å². The van der Waals surface area contributed by atoms with Gasteiger partial charge in [0.2, 0.25) is 0 Å². The van der Waals surface area contributed by atoms with E-state index in [1.807, 2.05) is 42.5 Å². The number of fused-ring (bicyclic) bond motifs is 1. The lowest BCUT2D eigenvalue weighted by Crippen LogP contribution is -2.22. The van der Waals surface area contributed by atoms with Crippen LogP contribution < -0.4 is 0 Å². The summed E-state index contributed by atoms with van der Waals surface area (Å²) in [5.74, 6) is -2.15. The van der Waals surface area contributed by atoms with Gasteiger partial charge in [-0.1, -0.05) is 42.5 Å². The predicted octanol–water partition coefficient (Wildman–Crippen LogP) is 2.65. The average molecular weight is 272 g/mol. The molecule has 0 saturated heterocycles. The smallest absolute Gasteiger partial charge is 0.309 e. The van der Waals surface area contributed by atoms with E-state index in [2.05, 4.69) is 0 Å². The van der Waals surface area contributed by atoms with Gasteiger partial charge in [-0.25, -0.2) is 0 Å². The highest BCUT2D eigenvalue weighted by Crippen LogP contribution is 2.23. The van der Waals surface area contributed by atoms with Gasteiger partial charge in [-0.2, -0.15) is 0 Å². The van der Waals surface area contributed by atoms with Crippen molar-refractivity contribution in [1.82, 2.24) is 0 Å². The molecule has 0 fully saturated rings. The molecule has 1 atom stereocenters. The molecule has 2 rings (SSSR count). The van der Waals surface area contributed by atoms with Gasteiger partial charge in [0.05, 0.1) is 19.4 Å². The molecule has 0 aliphatic carbocycles. The van der Waals surface area contributed by atoms with E-state index in [0.29, 0.717) is 6.42 Å². The Hall–Kier alpha value is -2.36. The fourth-order valence-electron chi connectivity index (χ4n) is 2.35. The summed E-state index contributed by atoms with van der Waals surface area (Å²) in [4.78, 5) is 22.6. The van der Waals surface area contributed by atoms with Crippen LogP contribution in [-0.2, 0) is 20.7 Å². The van der Waals surface area contributed by atoms with E-state index < -0.39 is 17.9 Å². The fraction of sp³-hybridized carbons (Fsp3) is 0.250. The van der Waals surface area contributed by atoms with Gasteiger partial charge in [-0.05, 0) is 22.8 Å². The number of aliphatic carboxylic acids is 1. The Labute approximate surface area is 117 Å². The van der Waals surface area contributed by atoms with Gasteiger partial charge >= 0.3 is 11.9 Å². The second-order valence-corrected chi connectivity index (χ2v) is 4.66. The van der Waals surface area contributed by atoms with Crippen molar-refractivity contribution in [2.45, 2.75) is 12.8 Å². The van der Waals surface area contributed by atoms with Crippen molar-refractivity contribution in [2.24, 2.45) is 5.92 Å². The number of carboxylic acid groups (broad SMARTS) is 1. The van der Waals surface area contributed by atoms with E-state index >= 15 is 0 Å². The van der Waals surface area contributed by atoms with Crippen LogP contribution in [0.25, 0.3) is 10.8 Å². The number of methoxy groups -OCH3 is 1. The van der Waals surface area contributed by atoms with Gasteiger partial charge in [0, 0.05) is 0 Å². The molecule has 0 saturated carbocycles. The van der Waals surface area contributed by atoms with Crippen LogP contribution in [0.15, 0.2) is 42.5 Å². The molecule has 1 N–H and O–H groups in total. The van der Waals surface area contributed by atoms with Crippen LogP contribution in [0.5, 0.6) is 0 Å². The van der Waals surface area contributed by atoms with Gasteiger partial charge < -0.3 is 9.84 Å². The zero-order chi connectivity index (χ0) is 14.5. The largest absolute Gasteiger partial charge is 0.481 e. The minimum absolute atomic E-state index is 0.226. The van der Waals surface area contributed by atoms with Crippen LogP contribution in [0.4, 0.5) is 0 Å². The first-order valence-electron chi connectivity index (χ1n) is 6.38. The number of carbonyl (C=O) groups is 2. The van der Waals surface area contributed by atoms with Crippen molar-refractivity contribution in [2.75, 3.05) is 7.11 Å². The number of carboxylic acids is 1. The summed E-state index contributed by atoms with van der Waals surface area (Å²) < 4.78 is 4.70. The first-order valence-corrected chi connectivity index (χ1v) is 6.38. The van der Waals surface area contributed by atoms with Gasteiger partial charge in [0.15, 0.2) is 0 Å². The minimum Gasteiger partial charge on any atom is -0.481 e. The van der Waals surface area contributed by atoms with Gasteiger partial charge in [0.1, 0.15) is 0 Å². The molecule has 2 aromatic rings. The van der Waals surface area contributed by atoms with Crippen molar-refractivity contribution in [3.8, 4) is 0 Å². The highest BCUT2D eigenvalue weighted by atomic mass is 16.5. The summed E-state index contributed by atoms with van der Waals surface area (Å²) in [6, 6.07) is 13.6. The van der Waals surface area contributed by atoms with Crippen LogP contribution in [-0.4, -0.2) is 24.2 Å². The molecule has 20 heavy (non-hydrogen) atoms. The minimum atomic E-state index is -0.999. The molecule has 0 aliphatic heterocycles. The van der Waals surface area contributed by atoms with Crippen LogP contribution >= 0.6 is 0 Å². The first-order chi connectivity index (χ1) is 9.61. The summed E-state index contributed by atoms with van der Waals surface area (Å²) in [5.41, 5.74) is 0.958. The first kappa shape index (κ1) is 14.1. The Kier molecular flexibility index (Phi) is 4.35. The van der Waals surface area contributed by atoms with E-state index in [-0.39, 0.29) is 6.42 Å². The van der Waals surface area contributed by atoms with Crippen LogP contribution in [0, 0.1) is 5.92 Å². The molecule has 0 aliphatic rings. The molecule has 4 heteroatoms. The number of ether oxygens (including phenoxy) is 1. The molecule has 0 amide bonds. The number of esters is 1. The zero-order valence-corrected chi connectivity index (χ0v) is 11.2. The lowest BCUT2D eigenvalue weighted by atomic mass is 9.93. The normalized spacial score (nSPS) is 12.1. The summed E-state index contributed by atoms with van der Waals surface area (Å²) in [6.45, 7) is 0. The molecule has 4 nitrogen and oxygen atoms in total. The second-order valence-electron chi connectivity index (χ2n) is 4.66. The monoisotopic (exact) mass is 272 g/mol. The molecule has 2 aromatic carbocycles. The number of benzene rings is 2. The second kappa shape index (κ2) is 6.19. The van der Waals surface area contributed by atoms with E-state index in [1.165, 1.54) is 7.11 Å². The Morgan fingerprint density at radius 3 is 2.55 bits per heavy atom. The third-order valence-corrected chi connectivity index (χ3v) is 3.30. The maximum Gasteiger partial charge on any atom is 0.309 e. The molecule has 0 radical (unpaired) electrons. The van der Waals surface area contributed by atoms with Gasteiger partial charge in [-0.15, -0.1) is 0 Å². The van der Waals surface area contributed by atoms with Crippen molar-refractivity contribution < 1.29 is 19.4 Å². The Morgan fingerprint density at radius 2 is 1.85 bits per heavy atom. The summed E-state index contributed by atoms with van der Waals surface area (Å²) >= 11 is 0. The Balaban J connectivity index is 2.33.